The summed E-state index contributed by atoms with van der Waals surface area (Å²) < 4.78 is 5.59. The molecular formula is C13H29NO. The summed E-state index contributed by atoms with van der Waals surface area (Å²) in [4.78, 5) is 2.55. The Hall–Kier alpha value is -0.0800. The van der Waals surface area contributed by atoms with Gasteiger partial charge >= 0.3 is 0 Å². The van der Waals surface area contributed by atoms with Crippen LogP contribution in [0.5, 0.6) is 0 Å². The molecule has 15 heavy (non-hydrogen) atoms. The summed E-state index contributed by atoms with van der Waals surface area (Å²) in [5, 5.41) is 0. The first kappa shape index (κ1) is 14.9. The van der Waals surface area contributed by atoms with Crippen molar-refractivity contribution in [1.82, 2.24) is 4.90 Å². The van der Waals surface area contributed by atoms with Gasteiger partial charge in [-0.15, -0.1) is 0 Å². The maximum absolute atomic E-state index is 5.59. The maximum atomic E-state index is 5.59. The normalized spacial score (nSPS) is 13.4. The van der Waals surface area contributed by atoms with E-state index in [-0.39, 0.29) is 0 Å². The largest absolute Gasteiger partial charge is 0.377 e. The van der Waals surface area contributed by atoms with Crippen LogP contribution in [0.15, 0.2) is 0 Å². The Kier molecular flexibility index (Phi) is 10.4. The molecule has 92 valence electrons. The molecule has 0 aromatic rings. The van der Waals surface area contributed by atoms with Crippen molar-refractivity contribution in [3.05, 3.63) is 0 Å². The molecular weight excluding hydrogens is 186 g/mol. The Morgan fingerprint density at radius 2 is 1.53 bits per heavy atom. The molecule has 2 heteroatoms. The molecule has 0 aliphatic carbocycles. The zero-order chi connectivity index (χ0) is 11.5. The second-order valence-electron chi connectivity index (χ2n) is 4.27. The van der Waals surface area contributed by atoms with Crippen LogP contribution in [0.25, 0.3) is 0 Å². The van der Waals surface area contributed by atoms with E-state index >= 15 is 0 Å². The van der Waals surface area contributed by atoms with Crippen LogP contribution in [-0.2, 0) is 4.74 Å². The Morgan fingerprint density at radius 3 is 1.93 bits per heavy atom. The van der Waals surface area contributed by atoms with Crippen molar-refractivity contribution in [2.24, 2.45) is 0 Å². The third-order valence-electron chi connectivity index (χ3n) is 2.62. The summed E-state index contributed by atoms with van der Waals surface area (Å²) in [5.74, 6) is 0. The summed E-state index contributed by atoms with van der Waals surface area (Å²) in [7, 11) is 0. The molecule has 0 aliphatic rings. The molecule has 0 bridgehead atoms. The van der Waals surface area contributed by atoms with E-state index in [1.165, 1.54) is 38.8 Å². The number of rotatable bonds is 10. The summed E-state index contributed by atoms with van der Waals surface area (Å²) >= 11 is 0. The van der Waals surface area contributed by atoms with Gasteiger partial charge in [-0.1, -0.05) is 26.7 Å². The monoisotopic (exact) mass is 215 g/mol. The molecule has 1 atom stereocenters. The lowest BCUT2D eigenvalue weighted by Crippen LogP contribution is -2.34. The molecule has 0 rings (SSSR count). The molecule has 0 N–H and O–H groups in total. The van der Waals surface area contributed by atoms with Crippen molar-refractivity contribution in [2.75, 3.05) is 26.2 Å². The van der Waals surface area contributed by atoms with E-state index in [1.54, 1.807) is 0 Å². The predicted molar refractivity (Wildman–Crippen MR) is 67.3 cm³/mol. The van der Waals surface area contributed by atoms with Gasteiger partial charge in [0.1, 0.15) is 0 Å². The zero-order valence-electron chi connectivity index (χ0n) is 11.1. The Balaban J connectivity index is 3.76. The number of unbranched alkanes of at least 4 members (excludes halogenated alkanes) is 2. The average Bonchev–Trinajstić information content (AvgIpc) is 2.22. The van der Waals surface area contributed by atoms with Gasteiger partial charge in [-0.25, -0.2) is 0 Å². The molecule has 2 nitrogen and oxygen atoms in total. The smallest absolute Gasteiger partial charge is 0.0673 e. The van der Waals surface area contributed by atoms with Gasteiger partial charge in [-0.3, -0.25) is 0 Å². The molecule has 0 saturated carbocycles. The highest BCUT2D eigenvalue weighted by molar-refractivity contribution is 4.62. The Labute approximate surface area is 96.0 Å². The van der Waals surface area contributed by atoms with E-state index < -0.39 is 0 Å². The fraction of sp³-hybridized carbons (Fsp3) is 1.00. The summed E-state index contributed by atoms with van der Waals surface area (Å²) in [5.41, 5.74) is 0. The van der Waals surface area contributed by atoms with E-state index in [9.17, 15) is 0 Å². The lowest BCUT2D eigenvalue weighted by molar-refractivity contribution is 0.0449. The van der Waals surface area contributed by atoms with Crippen LogP contribution in [-0.4, -0.2) is 37.2 Å². The molecule has 0 heterocycles. The maximum Gasteiger partial charge on any atom is 0.0673 e. The van der Waals surface area contributed by atoms with Crippen LogP contribution in [0.4, 0.5) is 0 Å². The van der Waals surface area contributed by atoms with Crippen LogP contribution in [0.2, 0.25) is 0 Å². The summed E-state index contributed by atoms with van der Waals surface area (Å²) in [6.07, 6.45) is 5.56. The van der Waals surface area contributed by atoms with Crippen LogP contribution in [0.1, 0.15) is 53.4 Å². The van der Waals surface area contributed by atoms with Crippen molar-refractivity contribution in [3.8, 4) is 0 Å². The van der Waals surface area contributed by atoms with Crippen LogP contribution in [0.3, 0.4) is 0 Å². The fourth-order valence-electron chi connectivity index (χ4n) is 1.76. The third kappa shape index (κ3) is 8.88. The lowest BCUT2D eigenvalue weighted by atomic mass is 10.2. The topological polar surface area (TPSA) is 12.5 Å². The summed E-state index contributed by atoms with van der Waals surface area (Å²) in [6, 6.07) is 0. The first-order valence-corrected chi connectivity index (χ1v) is 6.58. The van der Waals surface area contributed by atoms with Crippen LogP contribution >= 0.6 is 0 Å². The van der Waals surface area contributed by atoms with E-state index in [4.69, 9.17) is 4.74 Å². The highest BCUT2D eigenvalue weighted by Gasteiger charge is 2.08. The van der Waals surface area contributed by atoms with Crippen molar-refractivity contribution < 1.29 is 4.74 Å². The van der Waals surface area contributed by atoms with Gasteiger partial charge in [0.15, 0.2) is 0 Å². The molecule has 0 saturated heterocycles. The van der Waals surface area contributed by atoms with Crippen molar-refractivity contribution in [3.63, 3.8) is 0 Å². The van der Waals surface area contributed by atoms with E-state index in [2.05, 4.69) is 32.6 Å². The van der Waals surface area contributed by atoms with E-state index in [0.29, 0.717) is 6.10 Å². The SMILES string of the molecule is CCCCN(CCCC)CC(C)OCC. The van der Waals surface area contributed by atoms with Gasteiger partial charge in [-0.2, -0.15) is 0 Å². The fourth-order valence-corrected chi connectivity index (χ4v) is 1.76. The van der Waals surface area contributed by atoms with Gasteiger partial charge in [0.25, 0.3) is 0 Å². The van der Waals surface area contributed by atoms with Crippen molar-refractivity contribution in [1.29, 1.82) is 0 Å². The molecule has 0 aromatic carbocycles. The van der Waals surface area contributed by atoms with E-state index in [1.807, 2.05) is 0 Å². The van der Waals surface area contributed by atoms with Crippen LogP contribution in [0, 0.1) is 0 Å². The minimum absolute atomic E-state index is 0.378. The highest BCUT2D eigenvalue weighted by Crippen LogP contribution is 2.02. The second-order valence-corrected chi connectivity index (χ2v) is 4.27. The second kappa shape index (κ2) is 10.4. The first-order chi connectivity index (χ1) is 7.24. The minimum Gasteiger partial charge on any atom is -0.377 e. The van der Waals surface area contributed by atoms with E-state index in [0.717, 1.165) is 13.2 Å². The zero-order valence-corrected chi connectivity index (χ0v) is 11.1. The van der Waals surface area contributed by atoms with Gasteiger partial charge < -0.3 is 9.64 Å². The standard InChI is InChI=1S/C13H29NO/c1-5-8-10-14(11-9-6-2)12-13(4)15-7-3/h13H,5-12H2,1-4H3. The Bertz CT molecular complexity index is 120. The molecule has 0 amide bonds. The molecule has 0 spiro atoms. The third-order valence-corrected chi connectivity index (χ3v) is 2.62. The number of hydrogen-bond acceptors (Lipinski definition) is 2. The molecule has 0 fully saturated rings. The van der Waals surface area contributed by atoms with Gasteiger partial charge in [0.05, 0.1) is 6.10 Å². The number of ether oxygens (including phenoxy) is 1. The first-order valence-electron chi connectivity index (χ1n) is 6.58. The minimum atomic E-state index is 0.378. The summed E-state index contributed by atoms with van der Waals surface area (Å²) in [6.45, 7) is 13.1. The van der Waals surface area contributed by atoms with Crippen molar-refractivity contribution >= 4 is 0 Å². The van der Waals surface area contributed by atoms with Gasteiger partial charge in [-0.05, 0) is 39.8 Å². The number of hydrogen-bond donors (Lipinski definition) is 0. The van der Waals surface area contributed by atoms with Crippen LogP contribution < -0.4 is 0 Å². The average molecular weight is 215 g/mol. The molecule has 0 radical (unpaired) electrons. The number of nitrogens with zero attached hydrogens (tertiary/aromatic N) is 1. The van der Waals surface area contributed by atoms with Crippen molar-refractivity contribution in [2.45, 2.75) is 59.5 Å². The predicted octanol–water partition coefficient (Wildman–Crippen LogP) is 3.31. The van der Waals surface area contributed by atoms with Gasteiger partial charge in [0.2, 0.25) is 0 Å². The van der Waals surface area contributed by atoms with Gasteiger partial charge in [0, 0.05) is 13.2 Å². The lowest BCUT2D eigenvalue weighted by Gasteiger charge is -2.25. The quantitative estimate of drug-likeness (QED) is 0.554. The molecule has 0 aliphatic heterocycles. The highest BCUT2D eigenvalue weighted by atomic mass is 16.5. The molecule has 0 aromatic heterocycles. The Morgan fingerprint density at radius 1 is 1.00 bits per heavy atom. The molecule has 1 unspecified atom stereocenters.